The van der Waals surface area contributed by atoms with Crippen LogP contribution in [0.25, 0.3) is 10.9 Å². The van der Waals surface area contributed by atoms with Crippen LogP contribution < -0.4 is 15.4 Å². The van der Waals surface area contributed by atoms with Crippen LogP contribution in [0.3, 0.4) is 0 Å². The summed E-state index contributed by atoms with van der Waals surface area (Å²) in [4.78, 5) is 23.8. The van der Waals surface area contributed by atoms with Crippen molar-refractivity contribution in [2.75, 3.05) is 43.5 Å². The summed E-state index contributed by atoms with van der Waals surface area (Å²) in [7, 11) is 0. The second kappa shape index (κ2) is 12.7. The van der Waals surface area contributed by atoms with Crippen molar-refractivity contribution in [2.45, 2.75) is 26.4 Å². The van der Waals surface area contributed by atoms with E-state index in [1.54, 1.807) is 30.3 Å². The van der Waals surface area contributed by atoms with E-state index in [2.05, 4.69) is 51.3 Å². The van der Waals surface area contributed by atoms with Crippen LogP contribution in [0.15, 0.2) is 48.8 Å². The van der Waals surface area contributed by atoms with Crippen LogP contribution in [0.1, 0.15) is 31.4 Å². The van der Waals surface area contributed by atoms with Gasteiger partial charge in [-0.25, -0.2) is 9.97 Å². The average molecular weight is 511 g/mol. The molecule has 1 amide bonds. The number of hydrogen-bond donors (Lipinski definition) is 2. The van der Waals surface area contributed by atoms with Crippen LogP contribution in [-0.2, 0) is 9.53 Å². The maximum absolute atomic E-state index is 12.8. The third kappa shape index (κ3) is 6.65. The second-order valence-electron chi connectivity index (χ2n) is 8.75. The summed E-state index contributed by atoms with van der Waals surface area (Å²) in [6, 6.07) is 10.8. The highest BCUT2D eigenvalue weighted by atomic mass is 16.5. The molecule has 1 fully saturated rings. The van der Waals surface area contributed by atoms with Crippen molar-refractivity contribution >= 4 is 34.0 Å². The lowest BCUT2D eigenvalue weighted by Crippen LogP contribution is -2.23. The Morgan fingerprint density at radius 1 is 1.24 bits per heavy atom. The van der Waals surface area contributed by atoms with Gasteiger partial charge in [-0.2, -0.15) is 5.26 Å². The molecule has 2 aromatic carbocycles. The molecule has 1 atom stereocenters. The van der Waals surface area contributed by atoms with Crippen molar-refractivity contribution < 1.29 is 14.3 Å². The fourth-order valence-electron chi connectivity index (χ4n) is 4.11. The molecule has 2 N–H and O–H groups in total. The van der Waals surface area contributed by atoms with Crippen molar-refractivity contribution in [3.8, 4) is 24.2 Å². The number of aromatic nitrogens is 2. The zero-order valence-corrected chi connectivity index (χ0v) is 21.5. The molecule has 1 unspecified atom stereocenters. The summed E-state index contributed by atoms with van der Waals surface area (Å²) in [6.45, 7) is 7.78. The number of hydrogen-bond acceptors (Lipinski definition) is 8. The molecule has 3 aromatic rings. The van der Waals surface area contributed by atoms with E-state index < -0.39 is 0 Å². The number of benzene rings is 2. The number of anilines is 3. The number of nitrogens with zero attached hydrogens (tertiary/aromatic N) is 4. The van der Waals surface area contributed by atoms with Gasteiger partial charge in [-0.1, -0.05) is 25.8 Å². The van der Waals surface area contributed by atoms with E-state index in [0.29, 0.717) is 64.7 Å². The maximum Gasteiger partial charge on any atom is 0.248 e. The number of carbonyl (C=O) groups excluding carboxylic acids is 1. The first-order chi connectivity index (χ1) is 18.5. The lowest BCUT2D eigenvalue weighted by Gasteiger charge is -2.18. The van der Waals surface area contributed by atoms with E-state index in [-0.39, 0.29) is 12.0 Å². The fourth-order valence-corrected chi connectivity index (χ4v) is 4.11. The number of amides is 1. The summed E-state index contributed by atoms with van der Waals surface area (Å²) in [5.41, 5.74) is 2.74. The number of terminal acetylenes is 1. The zero-order valence-electron chi connectivity index (χ0n) is 21.5. The molecule has 1 aliphatic rings. The zero-order chi connectivity index (χ0) is 26.9. The molecule has 1 saturated heterocycles. The second-order valence-corrected chi connectivity index (χ2v) is 8.75. The summed E-state index contributed by atoms with van der Waals surface area (Å²) < 4.78 is 11.7. The monoisotopic (exact) mass is 510 g/mol. The minimum Gasteiger partial charge on any atom is -0.486 e. The highest BCUT2D eigenvalue weighted by Crippen LogP contribution is 2.35. The van der Waals surface area contributed by atoms with Gasteiger partial charge in [-0.15, -0.1) is 6.42 Å². The van der Waals surface area contributed by atoms with Crippen LogP contribution in [0.2, 0.25) is 0 Å². The average Bonchev–Trinajstić information content (AvgIpc) is 3.44. The van der Waals surface area contributed by atoms with Gasteiger partial charge in [0.05, 0.1) is 36.1 Å². The number of nitrogens with one attached hydrogen (secondary N) is 2. The molecule has 1 aromatic heterocycles. The summed E-state index contributed by atoms with van der Waals surface area (Å²) >= 11 is 0. The predicted octanol–water partition coefficient (Wildman–Crippen LogP) is 4.23. The predicted molar refractivity (Wildman–Crippen MR) is 147 cm³/mol. The van der Waals surface area contributed by atoms with Crippen molar-refractivity contribution in [1.29, 1.82) is 5.26 Å². The summed E-state index contributed by atoms with van der Waals surface area (Å²) in [6.07, 6.45) is 11.0. The largest absolute Gasteiger partial charge is 0.486 e. The van der Waals surface area contributed by atoms with E-state index in [0.717, 1.165) is 19.5 Å². The van der Waals surface area contributed by atoms with Gasteiger partial charge in [0.25, 0.3) is 0 Å². The van der Waals surface area contributed by atoms with Crippen molar-refractivity contribution in [3.63, 3.8) is 0 Å². The third-order valence-electron chi connectivity index (χ3n) is 6.19. The Labute approximate surface area is 222 Å². The molecule has 1 aliphatic heterocycles. The molecule has 0 spiro atoms. The van der Waals surface area contributed by atoms with Crippen LogP contribution >= 0.6 is 0 Å². The minimum absolute atomic E-state index is 0.114. The Kier molecular flexibility index (Phi) is 8.89. The normalized spacial score (nSPS) is 14.9. The van der Waals surface area contributed by atoms with Gasteiger partial charge >= 0.3 is 0 Å². The first-order valence-electron chi connectivity index (χ1n) is 12.5. The molecule has 9 heteroatoms. The number of nitriles is 1. The quantitative estimate of drug-likeness (QED) is 0.308. The van der Waals surface area contributed by atoms with Gasteiger partial charge in [0.2, 0.25) is 5.91 Å². The fraction of sp³-hybridized carbons (Fsp3) is 0.310. The van der Waals surface area contributed by atoms with E-state index >= 15 is 0 Å². The Bertz CT molecular complexity index is 1380. The van der Waals surface area contributed by atoms with Crippen LogP contribution in [-0.4, -0.2) is 59.7 Å². The van der Waals surface area contributed by atoms with Gasteiger partial charge in [0.1, 0.15) is 24.0 Å². The summed E-state index contributed by atoms with van der Waals surface area (Å²) in [5, 5.41) is 16.2. The first kappa shape index (κ1) is 26.6. The molecular formula is C29H30N6O3. The van der Waals surface area contributed by atoms with Gasteiger partial charge in [-0.05, 0) is 37.4 Å². The van der Waals surface area contributed by atoms with E-state index in [1.165, 1.54) is 12.4 Å². The molecule has 194 valence electrons. The Balaban J connectivity index is 1.67. The molecule has 0 saturated carbocycles. The topological polar surface area (TPSA) is 112 Å². The highest BCUT2D eigenvalue weighted by Gasteiger charge is 2.21. The lowest BCUT2D eigenvalue weighted by molar-refractivity contribution is -0.111. The van der Waals surface area contributed by atoms with Crippen molar-refractivity contribution in [1.82, 2.24) is 14.9 Å². The van der Waals surface area contributed by atoms with Gasteiger partial charge in [0, 0.05) is 41.7 Å². The number of rotatable bonds is 10. The number of likely N-dealkylation sites (N-methyl/N-ethyl adjacent to an activating group) is 1. The number of fused-ring (bicyclic) bond motifs is 1. The number of ether oxygens (including phenoxy) is 2. The SMILES string of the molecule is C#Cc1cc(C#N)cc(Nc2ncnc3cc(OC4CCOC4)c(NC(=O)C=CCN(CC)CC)cc23)c1. The van der Waals surface area contributed by atoms with Gasteiger partial charge in [-0.3, -0.25) is 4.79 Å². The maximum atomic E-state index is 12.8. The molecule has 2 heterocycles. The smallest absolute Gasteiger partial charge is 0.248 e. The third-order valence-corrected chi connectivity index (χ3v) is 6.19. The van der Waals surface area contributed by atoms with Gasteiger partial charge < -0.3 is 25.0 Å². The molecule has 4 rings (SSSR count). The highest BCUT2D eigenvalue weighted by molar-refractivity contribution is 6.03. The molecular weight excluding hydrogens is 480 g/mol. The molecule has 9 nitrogen and oxygen atoms in total. The first-order valence-corrected chi connectivity index (χ1v) is 12.5. The molecule has 38 heavy (non-hydrogen) atoms. The van der Waals surface area contributed by atoms with Crippen LogP contribution in [0.4, 0.5) is 17.2 Å². The van der Waals surface area contributed by atoms with Gasteiger partial charge in [0.15, 0.2) is 0 Å². The van der Waals surface area contributed by atoms with Crippen molar-refractivity contribution in [3.05, 3.63) is 59.9 Å². The molecule has 0 aliphatic carbocycles. The Morgan fingerprint density at radius 2 is 2.05 bits per heavy atom. The van der Waals surface area contributed by atoms with E-state index in [4.69, 9.17) is 15.9 Å². The van der Waals surface area contributed by atoms with Crippen LogP contribution in [0, 0.1) is 23.7 Å². The van der Waals surface area contributed by atoms with Crippen molar-refractivity contribution in [2.24, 2.45) is 0 Å². The van der Waals surface area contributed by atoms with E-state index in [9.17, 15) is 10.1 Å². The van der Waals surface area contributed by atoms with E-state index in [1.807, 2.05) is 6.08 Å². The molecule has 0 bridgehead atoms. The summed E-state index contributed by atoms with van der Waals surface area (Å²) in [5.74, 6) is 3.29. The Hall–Kier alpha value is -4.44. The molecule has 0 radical (unpaired) electrons. The Morgan fingerprint density at radius 3 is 2.76 bits per heavy atom. The minimum atomic E-state index is -0.268. The lowest BCUT2D eigenvalue weighted by atomic mass is 10.1. The number of carbonyl (C=O) groups is 1. The van der Waals surface area contributed by atoms with Crippen LogP contribution in [0.5, 0.6) is 5.75 Å². The standard InChI is InChI=1S/C29H30N6O3/c1-4-20-12-21(17-30)14-22(13-20)33-29-24-15-26(34-28(36)8-7-10-35(5-2)6-3)27(16-25(24)31-19-32-29)38-23-9-11-37-18-23/h1,7-8,12-16,19,23H,5-6,9-11,18H2,2-3H3,(H,34,36)(H,31,32,33).